The fourth-order valence-corrected chi connectivity index (χ4v) is 3.14. The van der Waals surface area contributed by atoms with Crippen LogP contribution in [0.4, 0.5) is 9.18 Å². The number of imide groups is 1. The summed E-state index contributed by atoms with van der Waals surface area (Å²) in [6.45, 7) is 4.99. The van der Waals surface area contributed by atoms with Crippen LogP contribution in [-0.4, -0.2) is 29.3 Å². The molecule has 1 atom stereocenters. The molecule has 0 aromatic heterocycles. The minimum atomic E-state index is -1.21. The van der Waals surface area contributed by atoms with Gasteiger partial charge in [0.25, 0.3) is 5.91 Å². The van der Waals surface area contributed by atoms with Gasteiger partial charge in [-0.25, -0.2) is 9.18 Å². The van der Waals surface area contributed by atoms with Crippen LogP contribution >= 0.6 is 0 Å². The third kappa shape index (κ3) is 3.74. The predicted molar refractivity (Wildman–Crippen MR) is 102 cm³/mol. The Morgan fingerprint density at radius 3 is 2.46 bits per heavy atom. The molecule has 1 aliphatic rings. The second-order valence-electron chi connectivity index (χ2n) is 7.17. The van der Waals surface area contributed by atoms with Gasteiger partial charge in [-0.2, -0.15) is 0 Å². The Hall–Kier alpha value is -3.22. The number of amides is 4. The second-order valence-corrected chi connectivity index (χ2v) is 7.17. The van der Waals surface area contributed by atoms with E-state index in [1.54, 1.807) is 38.1 Å². The van der Waals surface area contributed by atoms with Crippen molar-refractivity contribution in [3.63, 3.8) is 0 Å². The lowest BCUT2D eigenvalue weighted by atomic mass is 9.91. The number of nitrogens with zero attached hydrogens (tertiary/aromatic N) is 1. The topological polar surface area (TPSA) is 78.5 Å². The normalized spacial score (nSPS) is 18.9. The third-order valence-corrected chi connectivity index (χ3v) is 4.92. The predicted octanol–water partition coefficient (Wildman–Crippen LogP) is 2.53. The minimum absolute atomic E-state index is 0.179. The van der Waals surface area contributed by atoms with Crippen LogP contribution < -0.4 is 10.6 Å². The number of aryl methyl sites for hydroxylation is 2. The quantitative estimate of drug-likeness (QED) is 0.779. The van der Waals surface area contributed by atoms with E-state index in [4.69, 9.17) is 0 Å². The fraction of sp³-hybridized carbons (Fsp3) is 0.286. The number of rotatable bonds is 5. The van der Waals surface area contributed by atoms with Crippen LogP contribution in [0.15, 0.2) is 42.5 Å². The van der Waals surface area contributed by atoms with Crippen molar-refractivity contribution in [2.45, 2.75) is 32.9 Å². The molecular formula is C21H22FN3O3. The number of nitrogens with one attached hydrogen (secondary N) is 2. The van der Waals surface area contributed by atoms with Crippen molar-refractivity contribution in [3.8, 4) is 0 Å². The first-order valence-corrected chi connectivity index (χ1v) is 8.93. The molecule has 2 N–H and O–H groups in total. The van der Waals surface area contributed by atoms with Gasteiger partial charge in [-0.1, -0.05) is 42.0 Å². The number of carbonyl (C=O) groups excluding carboxylic acids is 3. The molecule has 6 nitrogen and oxygen atoms in total. The summed E-state index contributed by atoms with van der Waals surface area (Å²) in [6.07, 6.45) is 0. The maximum atomic E-state index is 13.3. The van der Waals surface area contributed by atoms with Crippen molar-refractivity contribution >= 4 is 17.8 Å². The van der Waals surface area contributed by atoms with E-state index in [0.29, 0.717) is 11.1 Å². The van der Waals surface area contributed by atoms with E-state index < -0.39 is 23.4 Å². The van der Waals surface area contributed by atoms with E-state index in [0.717, 1.165) is 16.0 Å². The van der Waals surface area contributed by atoms with Gasteiger partial charge in [0.2, 0.25) is 5.91 Å². The van der Waals surface area contributed by atoms with Crippen LogP contribution in [-0.2, 0) is 21.7 Å². The second kappa shape index (κ2) is 7.42. The summed E-state index contributed by atoms with van der Waals surface area (Å²) in [4.78, 5) is 38.3. The molecule has 2 aromatic rings. The maximum Gasteiger partial charge on any atom is 0.325 e. The SMILES string of the molecule is Cc1ccc(C2(C)NC(=O)N(CC(=O)NCc3ccc(F)c(C)c3)C2=O)cc1. The minimum Gasteiger partial charge on any atom is -0.350 e. The van der Waals surface area contributed by atoms with Crippen molar-refractivity contribution in [2.75, 3.05) is 6.54 Å². The molecule has 146 valence electrons. The standard InChI is InChI=1S/C21H22FN3O3/c1-13-4-7-16(8-5-13)21(3)19(27)25(20(28)24-21)12-18(26)23-11-15-6-9-17(22)14(2)10-15/h4-10H,11-12H2,1-3H3,(H,23,26)(H,24,28). The Labute approximate surface area is 162 Å². The first-order valence-electron chi connectivity index (χ1n) is 8.93. The van der Waals surface area contributed by atoms with Crippen LogP contribution in [0.2, 0.25) is 0 Å². The Morgan fingerprint density at radius 2 is 1.82 bits per heavy atom. The molecule has 1 heterocycles. The number of urea groups is 1. The summed E-state index contributed by atoms with van der Waals surface area (Å²) in [5, 5.41) is 5.33. The molecule has 7 heteroatoms. The lowest BCUT2D eigenvalue weighted by Crippen LogP contribution is -2.43. The summed E-state index contributed by atoms with van der Waals surface area (Å²) in [5.41, 5.74) is 1.69. The van der Waals surface area contributed by atoms with Gasteiger partial charge in [0, 0.05) is 6.54 Å². The zero-order chi connectivity index (χ0) is 20.5. The number of carbonyl (C=O) groups is 3. The van der Waals surface area contributed by atoms with Gasteiger partial charge in [0.1, 0.15) is 17.9 Å². The van der Waals surface area contributed by atoms with Gasteiger partial charge >= 0.3 is 6.03 Å². The maximum absolute atomic E-state index is 13.3. The molecule has 2 aromatic carbocycles. The van der Waals surface area contributed by atoms with Gasteiger partial charge in [0.15, 0.2) is 0 Å². The highest BCUT2D eigenvalue weighted by molar-refractivity contribution is 6.09. The summed E-state index contributed by atoms with van der Waals surface area (Å²) in [7, 11) is 0. The van der Waals surface area contributed by atoms with Crippen molar-refractivity contribution in [1.82, 2.24) is 15.5 Å². The van der Waals surface area contributed by atoms with Crippen LogP contribution in [0.5, 0.6) is 0 Å². The molecule has 3 rings (SSSR count). The molecule has 1 aliphatic heterocycles. The summed E-state index contributed by atoms with van der Waals surface area (Å²) in [6, 6.07) is 11.2. The largest absolute Gasteiger partial charge is 0.350 e. The highest BCUT2D eigenvalue weighted by atomic mass is 19.1. The number of benzene rings is 2. The van der Waals surface area contributed by atoms with Crippen molar-refractivity contribution in [2.24, 2.45) is 0 Å². The Balaban J connectivity index is 1.65. The highest BCUT2D eigenvalue weighted by Gasteiger charge is 2.49. The van der Waals surface area contributed by atoms with E-state index >= 15 is 0 Å². The van der Waals surface area contributed by atoms with Crippen molar-refractivity contribution in [3.05, 3.63) is 70.5 Å². The monoisotopic (exact) mass is 383 g/mol. The van der Waals surface area contributed by atoms with E-state index in [2.05, 4.69) is 10.6 Å². The van der Waals surface area contributed by atoms with Crippen molar-refractivity contribution < 1.29 is 18.8 Å². The average Bonchev–Trinajstić information content (AvgIpc) is 2.87. The number of hydrogen-bond acceptors (Lipinski definition) is 3. The molecule has 28 heavy (non-hydrogen) atoms. The molecule has 0 radical (unpaired) electrons. The number of hydrogen-bond donors (Lipinski definition) is 2. The lowest BCUT2D eigenvalue weighted by molar-refractivity contribution is -0.134. The summed E-state index contributed by atoms with van der Waals surface area (Å²) >= 11 is 0. The molecule has 0 spiro atoms. The summed E-state index contributed by atoms with van der Waals surface area (Å²) < 4.78 is 13.3. The van der Waals surface area contributed by atoms with Crippen LogP contribution in [0.1, 0.15) is 29.2 Å². The lowest BCUT2D eigenvalue weighted by Gasteiger charge is -2.22. The zero-order valence-electron chi connectivity index (χ0n) is 16.0. The van der Waals surface area contributed by atoms with Crippen LogP contribution in [0, 0.1) is 19.7 Å². The van der Waals surface area contributed by atoms with Gasteiger partial charge in [-0.3, -0.25) is 14.5 Å². The van der Waals surface area contributed by atoms with Crippen molar-refractivity contribution in [1.29, 1.82) is 0 Å². The van der Waals surface area contributed by atoms with Crippen LogP contribution in [0.3, 0.4) is 0 Å². The van der Waals surface area contributed by atoms with Gasteiger partial charge in [-0.05, 0) is 43.5 Å². The molecule has 1 fully saturated rings. The molecule has 0 saturated carbocycles. The molecule has 1 unspecified atom stereocenters. The molecule has 1 saturated heterocycles. The third-order valence-electron chi connectivity index (χ3n) is 4.92. The first-order chi connectivity index (χ1) is 13.2. The van der Waals surface area contributed by atoms with Gasteiger partial charge < -0.3 is 10.6 Å². The van der Waals surface area contributed by atoms with Gasteiger partial charge in [0.05, 0.1) is 0 Å². The fourth-order valence-electron chi connectivity index (χ4n) is 3.14. The summed E-state index contributed by atoms with van der Waals surface area (Å²) in [5.74, 6) is -1.27. The molecule has 4 amide bonds. The van der Waals surface area contributed by atoms with Gasteiger partial charge in [-0.15, -0.1) is 0 Å². The smallest absolute Gasteiger partial charge is 0.325 e. The molecule has 0 bridgehead atoms. The average molecular weight is 383 g/mol. The molecule has 0 aliphatic carbocycles. The van der Waals surface area contributed by atoms with E-state index in [-0.39, 0.29) is 18.9 Å². The van der Waals surface area contributed by atoms with E-state index in [1.807, 2.05) is 19.1 Å². The van der Waals surface area contributed by atoms with E-state index in [9.17, 15) is 18.8 Å². The Bertz CT molecular complexity index is 942. The highest BCUT2D eigenvalue weighted by Crippen LogP contribution is 2.28. The Morgan fingerprint density at radius 1 is 1.14 bits per heavy atom. The zero-order valence-corrected chi connectivity index (χ0v) is 16.0. The Kier molecular flexibility index (Phi) is 5.18. The van der Waals surface area contributed by atoms with E-state index in [1.165, 1.54) is 6.07 Å². The number of halogens is 1. The molecular weight excluding hydrogens is 361 g/mol. The first kappa shape index (κ1) is 19.5. The van der Waals surface area contributed by atoms with Crippen LogP contribution in [0.25, 0.3) is 0 Å².